The maximum absolute atomic E-state index is 14.4. The average Bonchev–Trinajstić information content (AvgIpc) is 3.27. The standard InChI is InChI=1S/C28H28ClN3O3S/c1-18-7-5-6-8-19(18)16-31-24-14-9-20(29)15-23(24)28(25(31)33)32(17-27(2,3)36-28)26(34)30-21-10-12-22(35-4)13-11-21/h5-15H,16-17H2,1-4H3,(H,30,34). The summed E-state index contributed by atoms with van der Waals surface area (Å²) in [7, 11) is 1.60. The van der Waals surface area contributed by atoms with E-state index in [1.807, 2.05) is 43.3 Å². The van der Waals surface area contributed by atoms with Gasteiger partial charge in [0.25, 0.3) is 5.91 Å². The van der Waals surface area contributed by atoms with Gasteiger partial charge in [-0.25, -0.2) is 4.79 Å². The number of amides is 3. The van der Waals surface area contributed by atoms with Gasteiger partial charge in [-0.15, -0.1) is 11.8 Å². The number of nitrogens with zero attached hydrogens (tertiary/aromatic N) is 2. The fourth-order valence-corrected chi connectivity index (χ4v) is 6.85. The first-order valence-corrected chi connectivity index (χ1v) is 12.9. The fourth-order valence-electron chi connectivity index (χ4n) is 4.96. The molecule has 8 heteroatoms. The molecule has 2 aliphatic heterocycles. The summed E-state index contributed by atoms with van der Waals surface area (Å²) in [5, 5.41) is 3.51. The summed E-state index contributed by atoms with van der Waals surface area (Å²) in [6.45, 7) is 6.96. The van der Waals surface area contributed by atoms with Crippen LogP contribution in [-0.4, -0.2) is 35.2 Å². The Kier molecular flexibility index (Phi) is 6.17. The summed E-state index contributed by atoms with van der Waals surface area (Å²) < 4.78 is 4.87. The Labute approximate surface area is 220 Å². The fraction of sp³-hybridized carbons (Fsp3) is 0.286. The lowest BCUT2D eigenvalue weighted by Gasteiger charge is -2.33. The summed E-state index contributed by atoms with van der Waals surface area (Å²) in [4.78, 5) is 30.4. The van der Waals surface area contributed by atoms with Gasteiger partial charge in [-0.2, -0.15) is 0 Å². The van der Waals surface area contributed by atoms with Gasteiger partial charge >= 0.3 is 6.03 Å². The minimum Gasteiger partial charge on any atom is -0.497 e. The highest BCUT2D eigenvalue weighted by Gasteiger charge is 2.63. The molecule has 1 saturated heterocycles. The van der Waals surface area contributed by atoms with Crippen molar-refractivity contribution in [2.75, 3.05) is 23.9 Å². The largest absolute Gasteiger partial charge is 0.497 e. The van der Waals surface area contributed by atoms with Gasteiger partial charge in [0.15, 0.2) is 4.87 Å². The Morgan fingerprint density at radius 2 is 1.83 bits per heavy atom. The Balaban J connectivity index is 1.57. The number of benzene rings is 3. The first-order chi connectivity index (χ1) is 17.1. The van der Waals surface area contributed by atoms with E-state index in [1.54, 1.807) is 47.2 Å². The third-order valence-corrected chi connectivity index (χ3v) is 8.50. The minimum absolute atomic E-state index is 0.136. The van der Waals surface area contributed by atoms with Gasteiger partial charge in [0.05, 0.1) is 19.3 Å². The van der Waals surface area contributed by atoms with E-state index in [2.05, 4.69) is 19.2 Å². The van der Waals surface area contributed by atoms with E-state index in [0.717, 1.165) is 22.4 Å². The second kappa shape index (κ2) is 9.05. The summed E-state index contributed by atoms with van der Waals surface area (Å²) in [6, 6.07) is 20.3. The molecule has 6 nitrogen and oxygen atoms in total. The predicted octanol–water partition coefficient (Wildman–Crippen LogP) is 6.42. The van der Waals surface area contributed by atoms with Crippen molar-refractivity contribution in [2.45, 2.75) is 36.9 Å². The number of carbonyl (C=O) groups excluding carboxylic acids is 2. The van der Waals surface area contributed by atoms with Crippen molar-refractivity contribution in [1.29, 1.82) is 0 Å². The molecule has 0 aliphatic carbocycles. The molecule has 5 rings (SSSR count). The second-order valence-electron chi connectivity index (χ2n) is 9.73. The maximum Gasteiger partial charge on any atom is 0.323 e. The molecule has 2 heterocycles. The molecule has 36 heavy (non-hydrogen) atoms. The van der Waals surface area contributed by atoms with Crippen LogP contribution in [0.2, 0.25) is 5.02 Å². The second-order valence-corrected chi connectivity index (χ2v) is 12.1. The van der Waals surface area contributed by atoms with Crippen molar-refractivity contribution in [3.05, 3.63) is 88.4 Å². The van der Waals surface area contributed by atoms with E-state index in [9.17, 15) is 9.59 Å². The van der Waals surface area contributed by atoms with E-state index in [4.69, 9.17) is 16.3 Å². The van der Waals surface area contributed by atoms with Gasteiger partial charge in [0, 0.05) is 27.6 Å². The molecule has 1 atom stereocenters. The van der Waals surface area contributed by atoms with Crippen molar-refractivity contribution in [3.8, 4) is 5.75 Å². The number of rotatable bonds is 4. The number of nitrogens with one attached hydrogen (secondary N) is 1. The highest BCUT2D eigenvalue weighted by molar-refractivity contribution is 8.02. The summed E-state index contributed by atoms with van der Waals surface area (Å²) in [6.07, 6.45) is 0. The van der Waals surface area contributed by atoms with Crippen LogP contribution in [0.3, 0.4) is 0 Å². The Morgan fingerprint density at radius 1 is 1.11 bits per heavy atom. The molecular formula is C28H28ClN3O3S. The number of urea groups is 1. The lowest BCUT2D eigenvalue weighted by atomic mass is 10.0. The molecule has 0 saturated carbocycles. The summed E-state index contributed by atoms with van der Waals surface area (Å²) in [5.41, 5.74) is 4.31. The minimum atomic E-state index is -1.22. The first-order valence-electron chi connectivity index (χ1n) is 11.7. The van der Waals surface area contributed by atoms with E-state index in [-0.39, 0.29) is 16.7 Å². The lowest BCUT2D eigenvalue weighted by molar-refractivity contribution is -0.123. The van der Waals surface area contributed by atoms with E-state index in [1.165, 1.54) is 11.8 Å². The number of halogens is 1. The number of anilines is 2. The van der Waals surface area contributed by atoms with E-state index >= 15 is 0 Å². The number of ether oxygens (including phenoxy) is 1. The van der Waals surface area contributed by atoms with Crippen LogP contribution in [0.25, 0.3) is 0 Å². The SMILES string of the molecule is COc1ccc(NC(=O)N2CC(C)(C)SC23C(=O)N(Cc2ccccc2C)c2ccc(Cl)cc23)cc1. The number of thioether (sulfide) groups is 1. The van der Waals surface area contributed by atoms with Crippen molar-refractivity contribution >= 4 is 46.7 Å². The molecule has 0 bridgehead atoms. The molecule has 0 radical (unpaired) electrons. The molecule has 1 fully saturated rings. The zero-order chi connectivity index (χ0) is 25.7. The zero-order valence-corrected chi connectivity index (χ0v) is 22.2. The molecular weight excluding hydrogens is 494 g/mol. The van der Waals surface area contributed by atoms with Crippen LogP contribution < -0.4 is 15.0 Å². The van der Waals surface area contributed by atoms with Crippen molar-refractivity contribution < 1.29 is 14.3 Å². The van der Waals surface area contributed by atoms with Gasteiger partial charge in [-0.05, 0) is 74.4 Å². The van der Waals surface area contributed by atoms with Crippen LogP contribution in [0.1, 0.15) is 30.5 Å². The van der Waals surface area contributed by atoms with E-state index in [0.29, 0.717) is 29.5 Å². The van der Waals surface area contributed by atoms with Crippen LogP contribution in [0.15, 0.2) is 66.7 Å². The Bertz CT molecular complexity index is 1340. The van der Waals surface area contributed by atoms with Crippen molar-refractivity contribution in [1.82, 2.24) is 4.90 Å². The molecule has 3 amide bonds. The molecule has 0 aromatic heterocycles. The Morgan fingerprint density at radius 3 is 2.53 bits per heavy atom. The monoisotopic (exact) mass is 521 g/mol. The lowest BCUT2D eigenvalue weighted by Crippen LogP contribution is -2.51. The molecule has 1 spiro atoms. The molecule has 2 aliphatic rings. The number of fused-ring (bicyclic) bond motifs is 2. The summed E-state index contributed by atoms with van der Waals surface area (Å²) in [5.74, 6) is 0.562. The maximum atomic E-state index is 14.4. The molecule has 3 aromatic rings. The van der Waals surface area contributed by atoms with Crippen molar-refractivity contribution in [2.24, 2.45) is 0 Å². The van der Waals surface area contributed by atoms with Gasteiger partial charge in [0.2, 0.25) is 0 Å². The van der Waals surface area contributed by atoms with Crippen LogP contribution in [0, 0.1) is 6.92 Å². The van der Waals surface area contributed by atoms with Crippen LogP contribution in [0.5, 0.6) is 5.75 Å². The topological polar surface area (TPSA) is 61.9 Å². The number of aryl methyl sites for hydroxylation is 1. The highest BCUT2D eigenvalue weighted by atomic mass is 35.5. The molecule has 1 N–H and O–H groups in total. The quantitative estimate of drug-likeness (QED) is 0.430. The zero-order valence-electron chi connectivity index (χ0n) is 20.7. The van der Waals surface area contributed by atoms with Crippen LogP contribution in [-0.2, 0) is 16.2 Å². The normalized spacial score (nSPS) is 20.1. The van der Waals surface area contributed by atoms with Crippen LogP contribution >= 0.6 is 23.4 Å². The predicted molar refractivity (Wildman–Crippen MR) is 146 cm³/mol. The van der Waals surface area contributed by atoms with Crippen molar-refractivity contribution in [3.63, 3.8) is 0 Å². The first kappa shape index (κ1) is 24.5. The number of methoxy groups -OCH3 is 1. The van der Waals surface area contributed by atoms with Gasteiger partial charge in [-0.3, -0.25) is 9.69 Å². The number of carbonyl (C=O) groups is 2. The van der Waals surface area contributed by atoms with Crippen LogP contribution in [0.4, 0.5) is 16.2 Å². The van der Waals surface area contributed by atoms with Gasteiger partial charge in [-0.1, -0.05) is 35.9 Å². The van der Waals surface area contributed by atoms with E-state index < -0.39 is 4.87 Å². The third-order valence-electron chi connectivity index (χ3n) is 6.67. The number of hydrogen-bond acceptors (Lipinski definition) is 4. The smallest absolute Gasteiger partial charge is 0.323 e. The van der Waals surface area contributed by atoms with Gasteiger partial charge in [0.1, 0.15) is 5.75 Å². The van der Waals surface area contributed by atoms with Gasteiger partial charge < -0.3 is 15.0 Å². The number of hydrogen-bond donors (Lipinski definition) is 1. The molecule has 3 aromatic carbocycles. The summed E-state index contributed by atoms with van der Waals surface area (Å²) >= 11 is 7.96. The molecule has 1 unspecified atom stereocenters. The highest BCUT2D eigenvalue weighted by Crippen LogP contribution is 2.60. The average molecular weight is 522 g/mol. The third kappa shape index (κ3) is 4.10. The Hall–Kier alpha value is -3.16. The molecule has 186 valence electrons.